The standard InChI is InChI=1S/C21H22N4O5S2/c22-21-23-16-4-2-14(12-19(16)31-21)20(26)24-6-8-25(9-7-24)32(27,28)15-3-5-17-18(13-15)30-11-1-10-29-17/h2-5,12-13H,1,6-11H2,(H2,22,23). The van der Waals surface area contributed by atoms with Crippen molar-refractivity contribution >= 4 is 42.6 Å². The number of carbonyl (C=O) groups excluding carboxylic acids is 1. The van der Waals surface area contributed by atoms with Crippen LogP contribution in [0.2, 0.25) is 0 Å². The van der Waals surface area contributed by atoms with Crippen LogP contribution in [-0.4, -0.2) is 67.9 Å². The first-order chi connectivity index (χ1) is 15.4. The van der Waals surface area contributed by atoms with Crippen molar-refractivity contribution in [1.82, 2.24) is 14.2 Å². The monoisotopic (exact) mass is 474 g/mol. The molecule has 0 saturated carbocycles. The van der Waals surface area contributed by atoms with Gasteiger partial charge in [-0.05, 0) is 30.3 Å². The van der Waals surface area contributed by atoms with E-state index in [1.54, 1.807) is 29.2 Å². The van der Waals surface area contributed by atoms with Crippen LogP contribution in [0.15, 0.2) is 41.3 Å². The minimum absolute atomic E-state index is 0.133. The van der Waals surface area contributed by atoms with Gasteiger partial charge in [-0.1, -0.05) is 11.3 Å². The Kier molecular flexibility index (Phi) is 5.39. The van der Waals surface area contributed by atoms with E-state index in [1.165, 1.54) is 27.8 Å². The largest absolute Gasteiger partial charge is 0.490 e. The number of ether oxygens (including phenoxy) is 2. The molecule has 0 aliphatic carbocycles. The molecule has 3 aromatic rings. The maximum Gasteiger partial charge on any atom is 0.253 e. The molecule has 2 N–H and O–H groups in total. The maximum atomic E-state index is 13.2. The number of rotatable bonds is 3. The number of aromatic nitrogens is 1. The first-order valence-corrected chi connectivity index (χ1v) is 12.5. The Balaban J connectivity index is 1.29. The van der Waals surface area contributed by atoms with E-state index < -0.39 is 10.0 Å². The Hall–Kier alpha value is -2.89. The first-order valence-electron chi connectivity index (χ1n) is 10.3. The quantitative estimate of drug-likeness (QED) is 0.619. The van der Waals surface area contributed by atoms with Crippen LogP contribution in [0.5, 0.6) is 11.5 Å². The third-order valence-electron chi connectivity index (χ3n) is 5.53. The summed E-state index contributed by atoms with van der Waals surface area (Å²) in [7, 11) is -3.71. The van der Waals surface area contributed by atoms with Crippen LogP contribution in [0, 0.1) is 0 Å². The van der Waals surface area contributed by atoms with Gasteiger partial charge >= 0.3 is 0 Å². The van der Waals surface area contributed by atoms with E-state index in [1.807, 2.05) is 0 Å². The number of thiazole rings is 1. The van der Waals surface area contributed by atoms with E-state index in [0.717, 1.165) is 16.6 Å². The number of amides is 1. The molecule has 32 heavy (non-hydrogen) atoms. The Bertz CT molecular complexity index is 1280. The summed E-state index contributed by atoms with van der Waals surface area (Å²) in [5, 5.41) is 0.457. The summed E-state index contributed by atoms with van der Waals surface area (Å²) in [6.07, 6.45) is 0.746. The summed E-state index contributed by atoms with van der Waals surface area (Å²) in [5.74, 6) is 0.861. The third-order valence-corrected chi connectivity index (χ3v) is 8.28. The van der Waals surface area contributed by atoms with Crippen molar-refractivity contribution in [2.24, 2.45) is 0 Å². The van der Waals surface area contributed by atoms with Crippen LogP contribution >= 0.6 is 11.3 Å². The van der Waals surface area contributed by atoms with Gasteiger partial charge in [-0.3, -0.25) is 4.79 Å². The molecule has 2 aromatic carbocycles. The molecule has 168 valence electrons. The third kappa shape index (κ3) is 3.87. The van der Waals surface area contributed by atoms with E-state index in [2.05, 4.69) is 4.98 Å². The molecule has 11 heteroatoms. The predicted octanol–water partition coefficient (Wildman–Crippen LogP) is 2.19. The van der Waals surface area contributed by atoms with Crippen molar-refractivity contribution in [3.63, 3.8) is 0 Å². The zero-order valence-corrected chi connectivity index (χ0v) is 18.8. The molecule has 0 unspecified atom stereocenters. The van der Waals surface area contributed by atoms with Crippen molar-refractivity contribution in [3.8, 4) is 11.5 Å². The fraction of sp³-hybridized carbons (Fsp3) is 0.333. The lowest BCUT2D eigenvalue weighted by atomic mass is 10.2. The molecule has 3 heterocycles. The number of nitrogen functional groups attached to an aromatic ring is 1. The van der Waals surface area contributed by atoms with Gasteiger partial charge in [-0.2, -0.15) is 4.31 Å². The summed E-state index contributed by atoms with van der Waals surface area (Å²) in [6, 6.07) is 9.98. The summed E-state index contributed by atoms with van der Waals surface area (Å²) >= 11 is 1.33. The highest BCUT2D eigenvalue weighted by molar-refractivity contribution is 7.89. The van der Waals surface area contributed by atoms with Gasteiger partial charge in [0.2, 0.25) is 10.0 Å². The lowest BCUT2D eigenvalue weighted by molar-refractivity contribution is 0.0698. The fourth-order valence-corrected chi connectivity index (χ4v) is 6.05. The number of anilines is 1. The average Bonchev–Trinajstić information content (AvgIpc) is 3.01. The fourth-order valence-electron chi connectivity index (χ4n) is 3.84. The van der Waals surface area contributed by atoms with E-state index in [0.29, 0.717) is 48.5 Å². The van der Waals surface area contributed by atoms with Crippen molar-refractivity contribution in [2.75, 3.05) is 45.1 Å². The molecule has 5 rings (SSSR count). The first kappa shape index (κ1) is 21.0. The molecule has 2 aliphatic heterocycles. The minimum Gasteiger partial charge on any atom is -0.490 e. The van der Waals surface area contributed by atoms with Crippen LogP contribution < -0.4 is 15.2 Å². The number of hydrogen-bond donors (Lipinski definition) is 1. The van der Waals surface area contributed by atoms with Crippen LogP contribution in [0.25, 0.3) is 10.2 Å². The molecule has 1 aromatic heterocycles. The number of piperazine rings is 1. The van der Waals surface area contributed by atoms with Gasteiger partial charge in [0, 0.05) is 44.2 Å². The zero-order chi connectivity index (χ0) is 22.3. The van der Waals surface area contributed by atoms with E-state index in [9.17, 15) is 13.2 Å². The van der Waals surface area contributed by atoms with Gasteiger partial charge in [-0.15, -0.1) is 0 Å². The second kappa shape index (κ2) is 8.23. The summed E-state index contributed by atoms with van der Waals surface area (Å²) < 4.78 is 39.8. The van der Waals surface area contributed by atoms with Crippen LogP contribution in [0.4, 0.5) is 5.13 Å². The van der Waals surface area contributed by atoms with E-state index in [4.69, 9.17) is 15.2 Å². The van der Waals surface area contributed by atoms with Crippen molar-refractivity contribution in [3.05, 3.63) is 42.0 Å². The molecule has 0 bridgehead atoms. The molecule has 0 atom stereocenters. The number of sulfonamides is 1. The van der Waals surface area contributed by atoms with Crippen molar-refractivity contribution in [1.29, 1.82) is 0 Å². The number of fused-ring (bicyclic) bond motifs is 2. The van der Waals surface area contributed by atoms with Crippen molar-refractivity contribution < 1.29 is 22.7 Å². The van der Waals surface area contributed by atoms with Crippen LogP contribution in [0.3, 0.4) is 0 Å². The molecule has 0 radical (unpaired) electrons. The van der Waals surface area contributed by atoms with Gasteiger partial charge in [-0.25, -0.2) is 13.4 Å². The molecule has 1 saturated heterocycles. The van der Waals surface area contributed by atoms with Gasteiger partial charge < -0.3 is 20.1 Å². The second-order valence-electron chi connectivity index (χ2n) is 7.59. The van der Waals surface area contributed by atoms with Gasteiger partial charge in [0.05, 0.1) is 28.3 Å². The Labute approximate surface area is 189 Å². The number of hydrogen-bond acceptors (Lipinski definition) is 8. The normalized spacial score (nSPS) is 17.3. The Morgan fingerprint density at radius 3 is 2.53 bits per heavy atom. The molecule has 0 spiro atoms. The minimum atomic E-state index is -3.71. The second-order valence-corrected chi connectivity index (χ2v) is 10.6. The zero-order valence-electron chi connectivity index (χ0n) is 17.2. The van der Waals surface area contributed by atoms with Gasteiger partial charge in [0.1, 0.15) is 0 Å². The molecule has 9 nitrogen and oxygen atoms in total. The Morgan fingerprint density at radius 1 is 1.00 bits per heavy atom. The molecule has 2 aliphatic rings. The van der Waals surface area contributed by atoms with Crippen molar-refractivity contribution in [2.45, 2.75) is 11.3 Å². The van der Waals surface area contributed by atoms with Gasteiger partial charge in [0.15, 0.2) is 16.6 Å². The molecular formula is C21H22N4O5S2. The lowest BCUT2D eigenvalue weighted by Crippen LogP contribution is -2.50. The van der Waals surface area contributed by atoms with Crippen LogP contribution in [-0.2, 0) is 10.0 Å². The number of nitrogens with zero attached hydrogens (tertiary/aromatic N) is 3. The van der Waals surface area contributed by atoms with Crippen LogP contribution in [0.1, 0.15) is 16.8 Å². The van der Waals surface area contributed by atoms with E-state index in [-0.39, 0.29) is 23.9 Å². The Morgan fingerprint density at radius 2 is 1.75 bits per heavy atom. The van der Waals surface area contributed by atoms with E-state index >= 15 is 0 Å². The summed E-state index contributed by atoms with van der Waals surface area (Å²) in [4.78, 5) is 19.0. The topological polar surface area (TPSA) is 115 Å². The SMILES string of the molecule is Nc1nc2ccc(C(=O)N3CCN(S(=O)(=O)c4ccc5c(c4)OCCCO5)CC3)cc2s1. The number of carbonyl (C=O) groups is 1. The predicted molar refractivity (Wildman–Crippen MR) is 121 cm³/mol. The maximum absolute atomic E-state index is 13.2. The smallest absolute Gasteiger partial charge is 0.253 e. The molecule has 1 fully saturated rings. The summed E-state index contributed by atoms with van der Waals surface area (Å²) in [6.45, 7) is 2.09. The summed E-state index contributed by atoms with van der Waals surface area (Å²) in [5.41, 5.74) is 7.05. The molecule has 1 amide bonds. The highest BCUT2D eigenvalue weighted by Crippen LogP contribution is 2.33. The van der Waals surface area contributed by atoms with Gasteiger partial charge in [0.25, 0.3) is 5.91 Å². The number of benzene rings is 2. The molecular weight excluding hydrogens is 452 g/mol. The lowest BCUT2D eigenvalue weighted by Gasteiger charge is -2.34. The average molecular weight is 475 g/mol. The highest BCUT2D eigenvalue weighted by atomic mass is 32.2. The number of nitrogens with two attached hydrogens (primary N) is 1. The highest BCUT2D eigenvalue weighted by Gasteiger charge is 2.31.